The Bertz CT molecular complexity index is 800. The molecule has 0 aliphatic heterocycles. The van der Waals surface area contributed by atoms with Crippen LogP contribution in [-0.4, -0.2) is 23.9 Å². The topological polar surface area (TPSA) is 98.5 Å². The van der Waals surface area contributed by atoms with Gasteiger partial charge in [-0.1, -0.05) is 25.5 Å². The molecule has 0 aromatic heterocycles. The number of rotatable bonds is 6. The molecule has 0 aliphatic rings. The van der Waals surface area contributed by atoms with Crippen LogP contribution in [0.5, 0.6) is 0 Å². The van der Waals surface area contributed by atoms with Crippen LogP contribution in [0.4, 0.5) is 11.4 Å². The maximum absolute atomic E-state index is 12.4. The van der Waals surface area contributed by atoms with E-state index in [4.69, 9.17) is 0 Å². The lowest BCUT2D eigenvalue weighted by molar-refractivity contribution is -0.384. The van der Waals surface area contributed by atoms with E-state index in [9.17, 15) is 19.7 Å². The van der Waals surface area contributed by atoms with Gasteiger partial charge in [0.15, 0.2) is 0 Å². The van der Waals surface area contributed by atoms with E-state index in [2.05, 4.69) is 17.0 Å². The lowest BCUT2D eigenvalue weighted by Gasteiger charge is -2.08. The van der Waals surface area contributed by atoms with Crippen molar-refractivity contribution in [3.63, 3.8) is 0 Å². The molecule has 1 N–H and O–H groups in total. The summed E-state index contributed by atoms with van der Waals surface area (Å²) in [5.74, 6) is -1.29. The number of benzene rings is 2. The van der Waals surface area contributed by atoms with Crippen molar-refractivity contribution < 1.29 is 19.2 Å². The highest BCUT2D eigenvalue weighted by Gasteiger charge is 2.18. The highest BCUT2D eigenvalue weighted by atomic mass is 16.6. The quantitative estimate of drug-likeness (QED) is 0.491. The highest BCUT2D eigenvalue weighted by Crippen LogP contribution is 2.20. The highest BCUT2D eigenvalue weighted by molar-refractivity contribution is 6.06. The average Bonchev–Trinajstić information content (AvgIpc) is 2.62. The third-order valence-electron chi connectivity index (χ3n) is 3.56. The predicted octanol–water partition coefficient (Wildman–Crippen LogP) is 3.59. The van der Waals surface area contributed by atoms with Crippen molar-refractivity contribution in [1.29, 1.82) is 0 Å². The van der Waals surface area contributed by atoms with Gasteiger partial charge in [-0.2, -0.15) is 0 Å². The van der Waals surface area contributed by atoms with Crippen LogP contribution >= 0.6 is 0 Å². The fraction of sp³-hybridized carbons (Fsp3) is 0.222. The molecular formula is C18H18N2O5. The molecule has 0 saturated carbocycles. The first kappa shape index (κ1) is 18.1. The first-order chi connectivity index (χ1) is 11.9. The number of nitro groups is 1. The summed E-state index contributed by atoms with van der Waals surface area (Å²) in [4.78, 5) is 34.4. The Balaban J connectivity index is 2.26. The number of nitrogens with zero attached hydrogens (tertiary/aromatic N) is 1. The summed E-state index contributed by atoms with van der Waals surface area (Å²) in [6, 6.07) is 10.8. The van der Waals surface area contributed by atoms with E-state index in [1.165, 1.54) is 13.2 Å². The molecule has 0 fully saturated rings. The molecule has 7 heteroatoms. The van der Waals surface area contributed by atoms with Crippen molar-refractivity contribution in [2.45, 2.75) is 19.8 Å². The third kappa shape index (κ3) is 4.63. The molecule has 0 saturated heterocycles. The van der Waals surface area contributed by atoms with Crippen LogP contribution in [0, 0.1) is 10.1 Å². The van der Waals surface area contributed by atoms with E-state index in [1.807, 2.05) is 12.1 Å². The van der Waals surface area contributed by atoms with E-state index in [-0.39, 0.29) is 16.8 Å². The minimum Gasteiger partial charge on any atom is -0.465 e. The predicted molar refractivity (Wildman–Crippen MR) is 92.8 cm³/mol. The molecule has 7 nitrogen and oxygen atoms in total. The van der Waals surface area contributed by atoms with Crippen LogP contribution in [0.15, 0.2) is 42.5 Å². The molecule has 2 aromatic carbocycles. The number of ether oxygens (including phenoxy) is 1. The van der Waals surface area contributed by atoms with Gasteiger partial charge in [0.2, 0.25) is 0 Å². The van der Waals surface area contributed by atoms with Crippen molar-refractivity contribution in [3.05, 3.63) is 69.3 Å². The Morgan fingerprint density at radius 3 is 2.32 bits per heavy atom. The average molecular weight is 342 g/mol. The number of esters is 1. The minimum absolute atomic E-state index is 0.00670. The summed E-state index contributed by atoms with van der Waals surface area (Å²) in [7, 11) is 1.17. The number of hydrogen-bond acceptors (Lipinski definition) is 5. The van der Waals surface area contributed by atoms with Gasteiger partial charge < -0.3 is 10.1 Å². The Morgan fingerprint density at radius 1 is 1.12 bits per heavy atom. The molecular weight excluding hydrogens is 324 g/mol. The molecule has 0 aliphatic carbocycles. The summed E-state index contributed by atoms with van der Waals surface area (Å²) in [6.07, 6.45) is 1.97. The van der Waals surface area contributed by atoms with Gasteiger partial charge >= 0.3 is 5.97 Å². The molecule has 0 spiro atoms. The van der Waals surface area contributed by atoms with Crippen molar-refractivity contribution in [2.24, 2.45) is 0 Å². The number of methoxy groups -OCH3 is 1. The molecule has 0 atom stereocenters. The molecule has 2 aromatic rings. The second-order valence-corrected chi connectivity index (χ2v) is 5.42. The van der Waals surface area contributed by atoms with Gasteiger partial charge in [-0.3, -0.25) is 14.9 Å². The minimum atomic E-state index is -0.748. The number of nitro benzene ring substituents is 1. The Morgan fingerprint density at radius 2 is 1.76 bits per heavy atom. The zero-order valence-corrected chi connectivity index (χ0v) is 13.9. The maximum atomic E-state index is 12.4. The number of anilines is 1. The molecule has 25 heavy (non-hydrogen) atoms. The van der Waals surface area contributed by atoms with Gasteiger partial charge in [-0.15, -0.1) is 0 Å². The normalized spacial score (nSPS) is 10.2. The van der Waals surface area contributed by atoms with E-state index < -0.39 is 16.8 Å². The summed E-state index contributed by atoms with van der Waals surface area (Å²) in [5, 5.41) is 13.7. The zero-order valence-electron chi connectivity index (χ0n) is 13.9. The van der Waals surface area contributed by atoms with E-state index in [0.717, 1.165) is 30.5 Å². The summed E-state index contributed by atoms with van der Waals surface area (Å²) < 4.78 is 4.57. The molecule has 2 rings (SSSR count). The van der Waals surface area contributed by atoms with Crippen LogP contribution in [0.3, 0.4) is 0 Å². The zero-order chi connectivity index (χ0) is 18.4. The van der Waals surface area contributed by atoms with Crippen molar-refractivity contribution >= 4 is 23.3 Å². The van der Waals surface area contributed by atoms with Crippen LogP contribution < -0.4 is 5.32 Å². The van der Waals surface area contributed by atoms with E-state index >= 15 is 0 Å². The summed E-state index contributed by atoms with van der Waals surface area (Å²) in [6.45, 7) is 2.08. The first-order valence-corrected chi connectivity index (χ1v) is 7.72. The third-order valence-corrected chi connectivity index (χ3v) is 3.56. The molecule has 1 amide bonds. The second kappa shape index (κ2) is 8.05. The lowest BCUT2D eigenvalue weighted by Crippen LogP contribution is -2.14. The van der Waals surface area contributed by atoms with Crippen LogP contribution in [0.1, 0.15) is 39.6 Å². The van der Waals surface area contributed by atoms with E-state index in [0.29, 0.717) is 5.69 Å². The van der Waals surface area contributed by atoms with Gasteiger partial charge in [0, 0.05) is 23.4 Å². The number of carbonyl (C=O) groups is 2. The molecule has 0 radical (unpaired) electrons. The number of hydrogen-bond donors (Lipinski definition) is 1. The standard InChI is InChI=1S/C18H18N2O5/c1-3-4-12-5-7-15(8-6-12)19-17(21)13-9-14(18(22)25-2)11-16(10-13)20(23)24/h5-11H,3-4H2,1-2H3,(H,19,21). The first-order valence-electron chi connectivity index (χ1n) is 7.72. The molecule has 0 unspecified atom stereocenters. The maximum Gasteiger partial charge on any atom is 0.338 e. The van der Waals surface area contributed by atoms with Crippen molar-refractivity contribution in [2.75, 3.05) is 12.4 Å². The molecule has 0 heterocycles. The number of amides is 1. The summed E-state index contributed by atoms with van der Waals surface area (Å²) in [5.41, 5.74) is 1.32. The van der Waals surface area contributed by atoms with Gasteiger partial charge in [-0.05, 0) is 30.2 Å². The van der Waals surface area contributed by atoms with Crippen LogP contribution in [0.2, 0.25) is 0 Å². The fourth-order valence-corrected chi connectivity index (χ4v) is 2.33. The molecule has 130 valence electrons. The van der Waals surface area contributed by atoms with Gasteiger partial charge in [0.05, 0.1) is 17.6 Å². The number of aryl methyl sites for hydroxylation is 1. The monoisotopic (exact) mass is 342 g/mol. The van der Waals surface area contributed by atoms with Gasteiger partial charge in [0.1, 0.15) is 0 Å². The Kier molecular flexibility index (Phi) is 5.84. The van der Waals surface area contributed by atoms with Crippen LogP contribution in [0.25, 0.3) is 0 Å². The second-order valence-electron chi connectivity index (χ2n) is 5.42. The van der Waals surface area contributed by atoms with Crippen molar-refractivity contribution in [1.82, 2.24) is 0 Å². The van der Waals surface area contributed by atoms with Crippen molar-refractivity contribution in [3.8, 4) is 0 Å². The van der Waals surface area contributed by atoms with Crippen LogP contribution in [-0.2, 0) is 11.2 Å². The number of non-ortho nitro benzene ring substituents is 1. The largest absolute Gasteiger partial charge is 0.465 e. The fourth-order valence-electron chi connectivity index (χ4n) is 2.33. The smallest absolute Gasteiger partial charge is 0.338 e. The number of nitrogens with one attached hydrogen (secondary N) is 1. The van der Waals surface area contributed by atoms with Gasteiger partial charge in [0.25, 0.3) is 11.6 Å². The SMILES string of the molecule is CCCc1ccc(NC(=O)c2cc(C(=O)OC)cc([N+](=O)[O-])c2)cc1. The number of carbonyl (C=O) groups excluding carboxylic acids is 2. The lowest BCUT2D eigenvalue weighted by atomic mass is 10.1. The Hall–Kier alpha value is -3.22. The van der Waals surface area contributed by atoms with Gasteiger partial charge in [-0.25, -0.2) is 4.79 Å². The summed E-state index contributed by atoms with van der Waals surface area (Å²) >= 11 is 0. The Labute approximate surface area is 144 Å². The van der Waals surface area contributed by atoms with E-state index in [1.54, 1.807) is 12.1 Å². The molecule has 0 bridgehead atoms.